The van der Waals surface area contributed by atoms with Crippen LogP contribution in [0.5, 0.6) is 5.75 Å². The van der Waals surface area contributed by atoms with E-state index in [1.807, 2.05) is 18.2 Å². The average molecular weight is 487 g/mol. The van der Waals surface area contributed by atoms with Crippen LogP contribution in [-0.2, 0) is 4.79 Å². The molecule has 172 valence electrons. The van der Waals surface area contributed by atoms with Crippen LogP contribution in [0.25, 0.3) is 10.9 Å². The Morgan fingerprint density at radius 1 is 1.09 bits per heavy atom. The average Bonchev–Trinajstić information content (AvgIpc) is 2.82. The van der Waals surface area contributed by atoms with Gasteiger partial charge in [-0.3, -0.25) is 9.59 Å². The number of hydrogen-bond acceptors (Lipinski definition) is 5. The summed E-state index contributed by atoms with van der Waals surface area (Å²) in [6.07, 6.45) is 0. The molecular formula is C24H24Cl2N4O3. The molecule has 9 heteroatoms. The van der Waals surface area contributed by atoms with Crippen LogP contribution < -0.4 is 15.0 Å². The molecule has 0 saturated carbocycles. The van der Waals surface area contributed by atoms with Crippen LogP contribution in [0.1, 0.15) is 15.9 Å². The van der Waals surface area contributed by atoms with Crippen LogP contribution in [0.4, 0.5) is 5.82 Å². The number of hydrogen-bond donors (Lipinski definition) is 1. The lowest BCUT2D eigenvalue weighted by Gasteiger charge is -2.35. The summed E-state index contributed by atoms with van der Waals surface area (Å²) in [4.78, 5) is 33.7. The van der Waals surface area contributed by atoms with Gasteiger partial charge in [-0.15, -0.1) is 0 Å². The molecule has 2 aromatic carbocycles. The number of amides is 2. The van der Waals surface area contributed by atoms with Gasteiger partial charge in [0.1, 0.15) is 17.1 Å². The number of fused-ring (bicyclic) bond motifs is 1. The number of piperazine rings is 1. The first-order valence-corrected chi connectivity index (χ1v) is 11.3. The van der Waals surface area contributed by atoms with Crippen LogP contribution in [0.15, 0.2) is 42.5 Å². The van der Waals surface area contributed by atoms with E-state index in [1.54, 1.807) is 18.1 Å². The number of nitrogens with one attached hydrogen (secondary N) is 1. The summed E-state index contributed by atoms with van der Waals surface area (Å²) in [5.41, 5.74) is 2.24. The molecule has 1 aliphatic heterocycles. The molecule has 0 atom stereocenters. The standard InChI is InChI=1S/C24H24Cl2N4O3/c1-15-12-21(28-23-17(15)4-3-5-20(23)33-2)29-8-10-30(11-9-29)22(31)14-27-24(32)18-7-6-16(25)13-19(18)26/h3-7,12-13H,8-11,14H2,1-2H3,(H,27,32). The second kappa shape index (κ2) is 9.85. The highest BCUT2D eigenvalue weighted by Crippen LogP contribution is 2.29. The second-order valence-corrected chi connectivity index (χ2v) is 8.67. The third kappa shape index (κ3) is 4.99. The number of halogens is 2. The molecule has 0 aliphatic carbocycles. The predicted molar refractivity (Wildman–Crippen MR) is 131 cm³/mol. The fourth-order valence-electron chi connectivity index (χ4n) is 3.92. The SMILES string of the molecule is COc1cccc2c(C)cc(N3CCN(C(=O)CNC(=O)c4ccc(Cl)cc4Cl)CC3)nc12. The molecule has 1 fully saturated rings. The van der Waals surface area contributed by atoms with E-state index < -0.39 is 5.91 Å². The molecule has 0 bridgehead atoms. The van der Waals surface area contributed by atoms with Crippen molar-refractivity contribution in [2.24, 2.45) is 0 Å². The Balaban J connectivity index is 1.37. The highest BCUT2D eigenvalue weighted by atomic mass is 35.5. The van der Waals surface area contributed by atoms with Crippen LogP contribution in [0.2, 0.25) is 10.0 Å². The maximum atomic E-state index is 12.6. The van der Waals surface area contributed by atoms with Gasteiger partial charge in [0.15, 0.2) is 0 Å². The van der Waals surface area contributed by atoms with Crippen molar-refractivity contribution in [2.75, 3.05) is 44.7 Å². The second-order valence-electron chi connectivity index (χ2n) is 7.83. The van der Waals surface area contributed by atoms with E-state index in [4.69, 9.17) is 32.9 Å². The molecule has 1 N–H and O–H groups in total. The maximum Gasteiger partial charge on any atom is 0.253 e. The molecule has 2 heterocycles. The number of nitrogens with zero attached hydrogens (tertiary/aromatic N) is 3. The van der Waals surface area contributed by atoms with Crippen molar-refractivity contribution in [2.45, 2.75) is 6.92 Å². The fourth-order valence-corrected chi connectivity index (χ4v) is 4.42. The smallest absolute Gasteiger partial charge is 0.253 e. The molecule has 4 rings (SSSR count). The van der Waals surface area contributed by atoms with E-state index in [-0.39, 0.29) is 23.0 Å². The summed E-state index contributed by atoms with van der Waals surface area (Å²) < 4.78 is 5.48. The van der Waals surface area contributed by atoms with Gasteiger partial charge in [0, 0.05) is 36.6 Å². The number of rotatable bonds is 5. The minimum absolute atomic E-state index is 0.0949. The van der Waals surface area contributed by atoms with Crippen LogP contribution >= 0.6 is 23.2 Å². The van der Waals surface area contributed by atoms with E-state index in [9.17, 15) is 9.59 Å². The lowest BCUT2D eigenvalue weighted by atomic mass is 10.1. The molecule has 0 radical (unpaired) electrons. The zero-order chi connectivity index (χ0) is 23.5. The number of methoxy groups -OCH3 is 1. The summed E-state index contributed by atoms with van der Waals surface area (Å²) in [6.45, 7) is 4.35. The minimum atomic E-state index is -0.409. The normalized spacial score (nSPS) is 13.8. The summed E-state index contributed by atoms with van der Waals surface area (Å²) in [6, 6.07) is 12.6. The van der Waals surface area contributed by atoms with E-state index in [2.05, 4.69) is 23.2 Å². The number of aryl methyl sites for hydroxylation is 1. The van der Waals surface area contributed by atoms with Gasteiger partial charge >= 0.3 is 0 Å². The summed E-state index contributed by atoms with van der Waals surface area (Å²) >= 11 is 11.9. The Bertz CT molecular complexity index is 1210. The Morgan fingerprint density at radius 2 is 1.85 bits per heavy atom. The molecule has 0 unspecified atom stereocenters. The lowest BCUT2D eigenvalue weighted by molar-refractivity contribution is -0.130. The fraction of sp³-hybridized carbons (Fsp3) is 0.292. The van der Waals surface area contributed by atoms with Crippen LogP contribution in [-0.4, -0.2) is 61.5 Å². The molecular weight excluding hydrogens is 463 g/mol. The molecule has 1 aliphatic rings. The molecule has 7 nitrogen and oxygen atoms in total. The number of aromatic nitrogens is 1. The highest BCUT2D eigenvalue weighted by Gasteiger charge is 2.23. The number of carbonyl (C=O) groups excluding carboxylic acids is 2. The van der Waals surface area contributed by atoms with Crippen molar-refractivity contribution in [3.63, 3.8) is 0 Å². The summed E-state index contributed by atoms with van der Waals surface area (Å²) in [5, 5.41) is 4.39. The first-order chi connectivity index (χ1) is 15.9. The van der Waals surface area contributed by atoms with Crippen molar-refractivity contribution >= 4 is 51.7 Å². The largest absolute Gasteiger partial charge is 0.494 e. The molecule has 2 amide bonds. The van der Waals surface area contributed by atoms with Crippen molar-refractivity contribution in [1.82, 2.24) is 15.2 Å². The van der Waals surface area contributed by atoms with E-state index in [0.29, 0.717) is 31.2 Å². The van der Waals surface area contributed by atoms with Gasteiger partial charge in [0.25, 0.3) is 5.91 Å². The van der Waals surface area contributed by atoms with Gasteiger partial charge in [-0.25, -0.2) is 4.98 Å². The van der Waals surface area contributed by atoms with Crippen LogP contribution in [0.3, 0.4) is 0 Å². The van der Waals surface area contributed by atoms with Crippen molar-refractivity contribution in [3.8, 4) is 5.75 Å². The number of anilines is 1. The number of benzene rings is 2. The third-order valence-electron chi connectivity index (χ3n) is 5.75. The summed E-state index contributed by atoms with van der Waals surface area (Å²) in [7, 11) is 1.64. The molecule has 1 saturated heterocycles. The molecule has 0 spiro atoms. The Hall–Kier alpha value is -3.03. The first kappa shape index (κ1) is 23.1. The van der Waals surface area contributed by atoms with Gasteiger partial charge < -0.3 is 19.9 Å². The lowest BCUT2D eigenvalue weighted by Crippen LogP contribution is -2.51. The van der Waals surface area contributed by atoms with Gasteiger partial charge in [-0.05, 0) is 42.8 Å². The van der Waals surface area contributed by atoms with Crippen molar-refractivity contribution in [1.29, 1.82) is 0 Å². The third-order valence-corrected chi connectivity index (χ3v) is 6.30. The summed E-state index contributed by atoms with van der Waals surface area (Å²) in [5.74, 6) is 1.05. The molecule has 1 aromatic heterocycles. The van der Waals surface area contributed by atoms with E-state index >= 15 is 0 Å². The minimum Gasteiger partial charge on any atom is -0.494 e. The number of pyridine rings is 1. The quantitative estimate of drug-likeness (QED) is 0.591. The zero-order valence-corrected chi connectivity index (χ0v) is 19.9. The van der Waals surface area contributed by atoms with Gasteiger partial charge in [0.05, 0.1) is 24.2 Å². The van der Waals surface area contributed by atoms with Crippen molar-refractivity contribution in [3.05, 3.63) is 63.6 Å². The first-order valence-electron chi connectivity index (χ1n) is 10.6. The Labute approximate surface area is 202 Å². The monoisotopic (exact) mass is 486 g/mol. The van der Waals surface area contributed by atoms with Gasteiger partial charge in [-0.1, -0.05) is 35.3 Å². The molecule has 3 aromatic rings. The van der Waals surface area contributed by atoms with E-state index in [1.165, 1.54) is 12.1 Å². The highest BCUT2D eigenvalue weighted by molar-refractivity contribution is 6.36. The van der Waals surface area contributed by atoms with Gasteiger partial charge in [-0.2, -0.15) is 0 Å². The van der Waals surface area contributed by atoms with E-state index in [0.717, 1.165) is 28.0 Å². The predicted octanol–water partition coefficient (Wildman–Crippen LogP) is 3.94. The number of ether oxygens (including phenoxy) is 1. The Kier molecular flexibility index (Phi) is 6.91. The van der Waals surface area contributed by atoms with Crippen molar-refractivity contribution < 1.29 is 14.3 Å². The number of carbonyl (C=O) groups is 2. The van der Waals surface area contributed by atoms with Crippen LogP contribution in [0, 0.1) is 6.92 Å². The number of para-hydroxylation sites is 1. The van der Waals surface area contributed by atoms with Gasteiger partial charge in [0.2, 0.25) is 5.91 Å². The molecule has 33 heavy (non-hydrogen) atoms. The Morgan fingerprint density at radius 3 is 2.55 bits per heavy atom. The zero-order valence-electron chi connectivity index (χ0n) is 18.4. The topological polar surface area (TPSA) is 74.8 Å². The maximum absolute atomic E-state index is 12.6.